The number of carbonyl (C=O) groups is 1. The van der Waals surface area contributed by atoms with Gasteiger partial charge in [0.2, 0.25) is 0 Å². The van der Waals surface area contributed by atoms with E-state index >= 15 is 0 Å². The summed E-state index contributed by atoms with van der Waals surface area (Å²) in [5, 5.41) is 5.73. The Kier molecular flexibility index (Phi) is 5.36. The first-order valence-corrected chi connectivity index (χ1v) is 7.97. The Morgan fingerprint density at radius 3 is 2.36 bits per heavy atom. The van der Waals surface area contributed by atoms with Crippen LogP contribution in [0.25, 0.3) is 0 Å². The minimum absolute atomic E-state index is 0.299. The van der Waals surface area contributed by atoms with Crippen LogP contribution in [0.15, 0.2) is 79.0 Å². The third-order valence-corrected chi connectivity index (χ3v) is 3.76. The largest absolute Gasteiger partial charge is 0.334 e. The number of nitrogens with zero attached hydrogens (tertiary/aromatic N) is 1. The molecule has 1 heterocycles. The van der Waals surface area contributed by atoms with E-state index < -0.39 is 0 Å². The molecule has 1 atom stereocenters. The summed E-state index contributed by atoms with van der Waals surface area (Å²) >= 11 is 0. The van der Waals surface area contributed by atoms with Crippen LogP contribution in [-0.2, 0) is 6.54 Å². The Labute approximate surface area is 145 Å². The molecule has 3 rings (SSSR count). The molecule has 25 heavy (non-hydrogen) atoms. The normalized spacial score (nSPS) is 11.6. The van der Waals surface area contributed by atoms with Crippen molar-refractivity contribution in [3.05, 3.63) is 102 Å². The van der Waals surface area contributed by atoms with Gasteiger partial charge in [-0.3, -0.25) is 4.98 Å². The topological polar surface area (TPSA) is 54.0 Å². The molecule has 0 saturated heterocycles. The lowest BCUT2D eigenvalue weighted by molar-refractivity contribution is 0.238. The first kappa shape index (κ1) is 16.6. The molecule has 2 aromatic carbocycles. The number of hydrogen-bond acceptors (Lipinski definition) is 2. The van der Waals surface area contributed by atoms with Gasteiger partial charge in [0.1, 0.15) is 5.82 Å². The van der Waals surface area contributed by atoms with Gasteiger partial charge in [-0.05, 0) is 35.4 Å². The van der Waals surface area contributed by atoms with Crippen molar-refractivity contribution >= 4 is 6.03 Å². The van der Waals surface area contributed by atoms with E-state index in [0.717, 1.165) is 16.8 Å². The second-order valence-corrected chi connectivity index (χ2v) is 5.55. The Hall–Kier alpha value is -3.21. The molecule has 0 aliphatic heterocycles. The number of rotatable bonds is 5. The Morgan fingerprint density at radius 2 is 1.68 bits per heavy atom. The van der Waals surface area contributed by atoms with Gasteiger partial charge in [-0.2, -0.15) is 0 Å². The minimum atomic E-state index is -0.351. The maximum atomic E-state index is 12.9. The van der Waals surface area contributed by atoms with Gasteiger partial charge < -0.3 is 10.6 Å². The van der Waals surface area contributed by atoms with Gasteiger partial charge in [-0.1, -0.05) is 48.5 Å². The lowest BCUT2D eigenvalue weighted by Gasteiger charge is -2.19. The molecular weight excluding hydrogens is 317 g/mol. The molecule has 0 spiro atoms. The summed E-state index contributed by atoms with van der Waals surface area (Å²) in [5.41, 5.74) is 2.52. The van der Waals surface area contributed by atoms with Crippen molar-refractivity contribution in [3.63, 3.8) is 0 Å². The number of urea groups is 1. The summed E-state index contributed by atoms with van der Waals surface area (Å²) in [7, 11) is 0. The molecule has 0 aliphatic rings. The molecule has 1 unspecified atom stereocenters. The number of hydrogen-bond donors (Lipinski definition) is 2. The highest BCUT2D eigenvalue weighted by atomic mass is 19.1. The average molecular weight is 335 g/mol. The van der Waals surface area contributed by atoms with E-state index in [1.807, 2.05) is 48.5 Å². The zero-order chi connectivity index (χ0) is 17.5. The standard InChI is InChI=1S/C20H18FN3O/c21-17-11-9-15(10-12-17)14-23-20(25)24-19(16-6-2-1-3-7-16)18-8-4-5-13-22-18/h1-13,19H,14H2,(H2,23,24,25). The van der Waals surface area contributed by atoms with Crippen LogP contribution in [0.1, 0.15) is 22.9 Å². The predicted octanol–water partition coefficient (Wildman–Crippen LogP) is 3.81. The van der Waals surface area contributed by atoms with Crippen LogP contribution < -0.4 is 10.6 Å². The maximum absolute atomic E-state index is 12.9. The highest BCUT2D eigenvalue weighted by molar-refractivity contribution is 5.75. The second-order valence-electron chi connectivity index (χ2n) is 5.55. The molecule has 2 N–H and O–H groups in total. The van der Waals surface area contributed by atoms with Gasteiger partial charge in [-0.25, -0.2) is 9.18 Å². The second kappa shape index (κ2) is 8.06. The van der Waals surface area contributed by atoms with Gasteiger partial charge in [0, 0.05) is 12.7 Å². The van der Waals surface area contributed by atoms with Crippen molar-refractivity contribution in [1.29, 1.82) is 0 Å². The quantitative estimate of drug-likeness (QED) is 0.745. The van der Waals surface area contributed by atoms with Crippen LogP contribution in [0.5, 0.6) is 0 Å². The lowest BCUT2D eigenvalue weighted by atomic mass is 10.0. The first-order valence-electron chi connectivity index (χ1n) is 7.97. The summed E-state index contributed by atoms with van der Waals surface area (Å²) < 4.78 is 12.9. The van der Waals surface area contributed by atoms with Crippen molar-refractivity contribution < 1.29 is 9.18 Å². The number of aromatic nitrogens is 1. The molecule has 5 heteroatoms. The van der Waals surface area contributed by atoms with E-state index in [4.69, 9.17) is 0 Å². The lowest BCUT2D eigenvalue weighted by Crippen LogP contribution is -2.38. The fourth-order valence-corrected chi connectivity index (χ4v) is 2.49. The van der Waals surface area contributed by atoms with Gasteiger partial charge in [0.25, 0.3) is 0 Å². The van der Waals surface area contributed by atoms with Crippen LogP contribution in [0.2, 0.25) is 0 Å². The number of benzene rings is 2. The van der Waals surface area contributed by atoms with Crippen molar-refractivity contribution in [1.82, 2.24) is 15.6 Å². The van der Waals surface area contributed by atoms with E-state index in [1.165, 1.54) is 12.1 Å². The third kappa shape index (κ3) is 4.64. The fourth-order valence-electron chi connectivity index (χ4n) is 2.49. The highest BCUT2D eigenvalue weighted by Gasteiger charge is 2.17. The molecular formula is C20H18FN3O. The molecule has 1 aromatic heterocycles. The van der Waals surface area contributed by atoms with Crippen molar-refractivity contribution in [3.8, 4) is 0 Å². The smallest absolute Gasteiger partial charge is 0.315 e. The van der Waals surface area contributed by atoms with Crippen molar-refractivity contribution in [2.45, 2.75) is 12.6 Å². The monoisotopic (exact) mass is 335 g/mol. The summed E-state index contributed by atoms with van der Waals surface area (Å²) in [5.74, 6) is -0.299. The first-order chi connectivity index (χ1) is 12.2. The predicted molar refractivity (Wildman–Crippen MR) is 94.3 cm³/mol. The maximum Gasteiger partial charge on any atom is 0.315 e. The summed E-state index contributed by atoms with van der Waals surface area (Å²) in [4.78, 5) is 16.7. The number of carbonyl (C=O) groups excluding carboxylic acids is 1. The van der Waals surface area contributed by atoms with Gasteiger partial charge in [0.15, 0.2) is 0 Å². The third-order valence-electron chi connectivity index (χ3n) is 3.76. The van der Waals surface area contributed by atoms with Crippen molar-refractivity contribution in [2.75, 3.05) is 0 Å². The minimum Gasteiger partial charge on any atom is -0.334 e. The molecule has 0 fully saturated rings. The molecule has 0 saturated carbocycles. The van der Waals surface area contributed by atoms with Crippen LogP contribution in [0, 0.1) is 5.82 Å². The molecule has 0 radical (unpaired) electrons. The fraction of sp³-hybridized carbons (Fsp3) is 0.100. The summed E-state index contributed by atoms with van der Waals surface area (Å²) in [6.45, 7) is 0.315. The van der Waals surface area contributed by atoms with E-state index in [1.54, 1.807) is 18.3 Å². The molecule has 4 nitrogen and oxygen atoms in total. The SMILES string of the molecule is O=C(NCc1ccc(F)cc1)NC(c1ccccc1)c1ccccn1. The van der Waals surface area contributed by atoms with Crippen LogP contribution in [0.4, 0.5) is 9.18 Å². The summed E-state index contributed by atoms with van der Waals surface area (Å²) in [6.07, 6.45) is 1.70. The Balaban J connectivity index is 1.69. The van der Waals surface area contributed by atoms with Crippen molar-refractivity contribution in [2.24, 2.45) is 0 Å². The zero-order valence-electron chi connectivity index (χ0n) is 13.5. The average Bonchev–Trinajstić information content (AvgIpc) is 2.67. The zero-order valence-corrected chi connectivity index (χ0v) is 13.5. The van der Waals surface area contributed by atoms with Gasteiger partial charge >= 0.3 is 6.03 Å². The Morgan fingerprint density at radius 1 is 0.960 bits per heavy atom. The van der Waals surface area contributed by atoms with E-state index in [0.29, 0.717) is 6.54 Å². The van der Waals surface area contributed by atoms with E-state index in [9.17, 15) is 9.18 Å². The number of pyridine rings is 1. The van der Waals surface area contributed by atoms with Crippen LogP contribution >= 0.6 is 0 Å². The van der Waals surface area contributed by atoms with Crippen LogP contribution in [0.3, 0.4) is 0 Å². The number of amides is 2. The molecule has 3 aromatic rings. The molecule has 0 bridgehead atoms. The summed E-state index contributed by atoms with van der Waals surface area (Å²) in [6, 6.07) is 20.6. The highest BCUT2D eigenvalue weighted by Crippen LogP contribution is 2.19. The Bertz CT molecular complexity index is 768. The van der Waals surface area contributed by atoms with E-state index in [-0.39, 0.29) is 17.9 Å². The molecule has 126 valence electrons. The van der Waals surface area contributed by atoms with Gasteiger partial charge in [-0.15, -0.1) is 0 Å². The van der Waals surface area contributed by atoms with Gasteiger partial charge in [0.05, 0.1) is 11.7 Å². The van der Waals surface area contributed by atoms with E-state index in [2.05, 4.69) is 15.6 Å². The molecule has 0 aliphatic carbocycles. The number of halogens is 1. The number of nitrogens with one attached hydrogen (secondary N) is 2. The molecule has 2 amide bonds. The van der Waals surface area contributed by atoms with Crippen LogP contribution in [-0.4, -0.2) is 11.0 Å².